The van der Waals surface area contributed by atoms with Crippen LogP contribution in [0, 0.1) is 0 Å². The lowest BCUT2D eigenvalue weighted by Gasteiger charge is -2.38. The molecule has 1 saturated heterocycles. The van der Waals surface area contributed by atoms with Crippen molar-refractivity contribution in [2.75, 3.05) is 32.8 Å². The van der Waals surface area contributed by atoms with E-state index in [0.29, 0.717) is 43.3 Å². The zero-order valence-electron chi connectivity index (χ0n) is 18.5. The van der Waals surface area contributed by atoms with Gasteiger partial charge in [-0.25, -0.2) is 0 Å². The molecule has 0 spiro atoms. The number of rotatable bonds is 9. The summed E-state index contributed by atoms with van der Waals surface area (Å²) in [6.45, 7) is 6.50. The molecular weight excluding hydrogens is 392 g/mol. The Morgan fingerprint density at radius 3 is 2.16 bits per heavy atom. The van der Waals surface area contributed by atoms with Crippen LogP contribution in [0.2, 0.25) is 0 Å². The number of amides is 2. The lowest BCUT2D eigenvalue weighted by molar-refractivity contribution is -0.136. The molecule has 0 aliphatic carbocycles. The van der Waals surface area contributed by atoms with Crippen molar-refractivity contribution in [1.29, 1.82) is 0 Å². The molecule has 0 radical (unpaired) electrons. The second-order valence-electron chi connectivity index (χ2n) is 7.64. The largest absolute Gasteiger partial charge is 0.490 e. The molecule has 6 nitrogen and oxygen atoms in total. The van der Waals surface area contributed by atoms with E-state index in [1.807, 2.05) is 71.3 Å². The van der Waals surface area contributed by atoms with Crippen molar-refractivity contribution in [2.45, 2.75) is 39.2 Å². The van der Waals surface area contributed by atoms with Gasteiger partial charge in [-0.15, -0.1) is 0 Å². The fraction of sp³-hybridized carbons (Fsp3) is 0.440. The van der Waals surface area contributed by atoms with Gasteiger partial charge in [0.15, 0.2) is 18.1 Å². The number of carbonyl (C=O) groups is 2. The minimum Gasteiger partial charge on any atom is -0.490 e. The van der Waals surface area contributed by atoms with Gasteiger partial charge >= 0.3 is 0 Å². The molecule has 0 bridgehead atoms. The van der Waals surface area contributed by atoms with Crippen LogP contribution in [-0.4, -0.2) is 60.5 Å². The molecular formula is C25H32N2O4. The van der Waals surface area contributed by atoms with E-state index in [9.17, 15) is 9.59 Å². The molecule has 3 rings (SSSR count). The first-order chi connectivity index (χ1) is 15.1. The normalized spacial score (nSPS) is 14.2. The number of carbonyl (C=O) groups excluding carboxylic acids is 2. The number of hydrogen-bond acceptors (Lipinski definition) is 4. The van der Waals surface area contributed by atoms with Crippen LogP contribution in [0.15, 0.2) is 54.6 Å². The Bertz CT molecular complexity index is 848. The van der Waals surface area contributed by atoms with Gasteiger partial charge in [0.2, 0.25) is 0 Å². The molecule has 6 heteroatoms. The third-order valence-electron chi connectivity index (χ3n) is 5.50. The average molecular weight is 425 g/mol. The molecule has 166 valence electrons. The van der Waals surface area contributed by atoms with Gasteiger partial charge in [-0.2, -0.15) is 0 Å². The van der Waals surface area contributed by atoms with E-state index >= 15 is 0 Å². The van der Waals surface area contributed by atoms with Gasteiger partial charge in [-0.1, -0.05) is 37.3 Å². The van der Waals surface area contributed by atoms with E-state index in [0.717, 1.165) is 19.3 Å². The lowest BCUT2D eigenvalue weighted by atomic mass is 10.0. The van der Waals surface area contributed by atoms with E-state index in [1.54, 1.807) is 0 Å². The summed E-state index contributed by atoms with van der Waals surface area (Å²) in [5, 5.41) is 0. The summed E-state index contributed by atoms with van der Waals surface area (Å²) in [4.78, 5) is 29.5. The van der Waals surface area contributed by atoms with E-state index in [1.165, 1.54) is 0 Å². The van der Waals surface area contributed by atoms with Crippen molar-refractivity contribution in [2.24, 2.45) is 0 Å². The Morgan fingerprint density at radius 2 is 1.55 bits per heavy atom. The highest BCUT2D eigenvalue weighted by atomic mass is 16.5. The molecule has 1 aliphatic heterocycles. The van der Waals surface area contributed by atoms with Gasteiger partial charge < -0.3 is 19.3 Å². The number of likely N-dealkylation sites (tertiary alicyclic amines) is 1. The Morgan fingerprint density at radius 1 is 0.935 bits per heavy atom. The van der Waals surface area contributed by atoms with Crippen molar-refractivity contribution < 1.29 is 19.1 Å². The van der Waals surface area contributed by atoms with E-state index in [2.05, 4.69) is 6.92 Å². The highest BCUT2D eigenvalue weighted by Crippen LogP contribution is 2.26. The maximum absolute atomic E-state index is 13.0. The standard InChI is InChI=1S/C25H32N2O4/c1-3-16-27(24(28)19-31-23-13-9-8-12-22(23)30-4-2)21-14-17-26(18-15-21)25(29)20-10-6-5-7-11-20/h5-13,21H,3-4,14-19H2,1-2H3. The van der Waals surface area contributed by atoms with Crippen LogP contribution in [0.1, 0.15) is 43.5 Å². The second kappa shape index (κ2) is 11.4. The molecule has 0 saturated carbocycles. The van der Waals surface area contributed by atoms with E-state index in [4.69, 9.17) is 9.47 Å². The van der Waals surface area contributed by atoms with E-state index < -0.39 is 0 Å². The minimum absolute atomic E-state index is 0.0206. The Hall–Kier alpha value is -3.02. The summed E-state index contributed by atoms with van der Waals surface area (Å²) in [6, 6.07) is 16.9. The molecule has 2 amide bonds. The van der Waals surface area contributed by atoms with E-state index in [-0.39, 0.29) is 24.5 Å². The first-order valence-electron chi connectivity index (χ1n) is 11.1. The van der Waals surface area contributed by atoms with Crippen molar-refractivity contribution in [1.82, 2.24) is 9.80 Å². The van der Waals surface area contributed by atoms with Crippen LogP contribution in [0.4, 0.5) is 0 Å². The fourth-order valence-electron chi connectivity index (χ4n) is 3.96. The highest BCUT2D eigenvalue weighted by Gasteiger charge is 2.29. The van der Waals surface area contributed by atoms with Crippen LogP contribution < -0.4 is 9.47 Å². The number of benzene rings is 2. The zero-order chi connectivity index (χ0) is 22.1. The molecule has 2 aromatic rings. The van der Waals surface area contributed by atoms with Crippen LogP contribution in [0.25, 0.3) is 0 Å². The Kier molecular flexibility index (Phi) is 8.33. The highest BCUT2D eigenvalue weighted by molar-refractivity contribution is 5.94. The molecule has 0 atom stereocenters. The summed E-state index contributed by atoms with van der Waals surface area (Å²) in [6.07, 6.45) is 2.43. The van der Waals surface area contributed by atoms with Gasteiger partial charge in [-0.3, -0.25) is 9.59 Å². The summed E-state index contributed by atoms with van der Waals surface area (Å²) in [5.74, 6) is 1.26. The average Bonchev–Trinajstić information content (AvgIpc) is 2.82. The Labute approximate surface area is 184 Å². The molecule has 0 N–H and O–H groups in total. The van der Waals surface area contributed by atoms with Crippen LogP contribution in [0.3, 0.4) is 0 Å². The first-order valence-corrected chi connectivity index (χ1v) is 11.1. The van der Waals surface area contributed by atoms with Crippen molar-refractivity contribution in [3.05, 3.63) is 60.2 Å². The molecule has 2 aromatic carbocycles. The molecule has 31 heavy (non-hydrogen) atoms. The molecule has 1 heterocycles. The summed E-state index contributed by atoms with van der Waals surface area (Å²) < 4.78 is 11.4. The number of nitrogens with zero attached hydrogens (tertiary/aromatic N) is 2. The van der Waals surface area contributed by atoms with Gasteiger partial charge in [0.25, 0.3) is 11.8 Å². The SMILES string of the molecule is CCCN(C(=O)COc1ccccc1OCC)C1CCN(C(=O)c2ccccc2)CC1. The molecule has 0 unspecified atom stereocenters. The summed E-state index contributed by atoms with van der Waals surface area (Å²) >= 11 is 0. The predicted molar refractivity (Wildman–Crippen MR) is 120 cm³/mol. The Balaban J connectivity index is 1.57. The van der Waals surface area contributed by atoms with Gasteiger partial charge in [-0.05, 0) is 50.5 Å². The van der Waals surface area contributed by atoms with Crippen LogP contribution in [-0.2, 0) is 4.79 Å². The lowest BCUT2D eigenvalue weighted by Crippen LogP contribution is -2.50. The molecule has 0 aromatic heterocycles. The number of para-hydroxylation sites is 2. The van der Waals surface area contributed by atoms with Crippen LogP contribution >= 0.6 is 0 Å². The summed E-state index contributed by atoms with van der Waals surface area (Å²) in [5.41, 5.74) is 0.712. The maximum atomic E-state index is 13.0. The van der Waals surface area contributed by atoms with Crippen LogP contribution in [0.5, 0.6) is 11.5 Å². The quantitative estimate of drug-likeness (QED) is 0.610. The third kappa shape index (κ3) is 6.00. The topological polar surface area (TPSA) is 59.1 Å². The smallest absolute Gasteiger partial charge is 0.260 e. The summed E-state index contributed by atoms with van der Waals surface area (Å²) in [7, 11) is 0. The number of hydrogen-bond donors (Lipinski definition) is 0. The zero-order valence-corrected chi connectivity index (χ0v) is 18.5. The predicted octanol–water partition coefficient (Wildman–Crippen LogP) is 4.01. The second-order valence-corrected chi connectivity index (χ2v) is 7.64. The minimum atomic E-state index is -0.0269. The molecule has 1 aliphatic rings. The van der Waals surface area contributed by atoms with Gasteiger partial charge in [0.1, 0.15) is 0 Å². The number of piperidine rings is 1. The first kappa shape index (κ1) is 22.7. The number of ether oxygens (including phenoxy) is 2. The third-order valence-corrected chi connectivity index (χ3v) is 5.50. The monoisotopic (exact) mass is 424 g/mol. The van der Waals surface area contributed by atoms with Crippen molar-refractivity contribution in [3.63, 3.8) is 0 Å². The van der Waals surface area contributed by atoms with Gasteiger partial charge in [0.05, 0.1) is 6.61 Å². The van der Waals surface area contributed by atoms with Crippen molar-refractivity contribution in [3.8, 4) is 11.5 Å². The fourth-order valence-corrected chi connectivity index (χ4v) is 3.96. The van der Waals surface area contributed by atoms with Gasteiger partial charge in [0, 0.05) is 31.2 Å². The molecule has 1 fully saturated rings. The maximum Gasteiger partial charge on any atom is 0.260 e. The van der Waals surface area contributed by atoms with Crippen molar-refractivity contribution >= 4 is 11.8 Å².